The van der Waals surface area contributed by atoms with Gasteiger partial charge in [0, 0.05) is 0 Å². The van der Waals surface area contributed by atoms with Crippen LogP contribution in [0.2, 0.25) is 0 Å². The molecule has 0 aliphatic rings. The Morgan fingerprint density at radius 1 is 1.77 bits per heavy atom. The summed E-state index contributed by atoms with van der Waals surface area (Å²) in [5, 5.41) is 18.8. The average molecular weight is 179 g/mol. The zero-order chi connectivity index (χ0) is 9.84. The van der Waals surface area contributed by atoms with Gasteiger partial charge >= 0.3 is 5.82 Å². The highest BCUT2D eigenvalue weighted by atomic mass is 16.6. The molecule has 0 aromatic carbocycles. The molecule has 1 heterocycles. The largest absolute Gasteiger partial charge is 0.492 e. The molecule has 0 aliphatic heterocycles. The molecule has 1 aromatic heterocycles. The van der Waals surface area contributed by atoms with Crippen LogP contribution in [0, 0.1) is 21.4 Å². The monoisotopic (exact) mass is 179 g/mol. The number of ether oxygens (including phenoxy) is 1. The van der Waals surface area contributed by atoms with Gasteiger partial charge in [-0.25, -0.2) is 0 Å². The fourth-order valence-electron chi connectivity index (χ4n) is 0.782. The minimum atomic E-state index is -0.666. The number of rotatable bonds is 2. The van der Waals surface area contributed by atoms with Crippen molar-refractivity contribution in [2.45, 2.75) is 0 Å². The van der Waals surface area contributed by atoms with Gasteiger partial charge < -0.3 is 14.9 Å². The van der Waals surface area contributed by atoms with Crippen LogP contribution in [-0.2, 0) is 0 Å². The van der Waals surface area contributed by atoms with Gasteiger partial charge in [0.15, 0.2) is 11.9 Å². The van der Waals surface area contributed by atoms with E-state index in [1.54, 1.807) is 6.07 Å². The third-order valence-corrected chi connectivity index (χ3v) is 1.38. The molecule has 1 rings (SSSR count). The molecule has 6 nitrogen and oxygen atoms in total. The van der Waals surface area contributed by atoms with Gasteiger partial charge in [0.2, 0.25) is 0 Å². The molecule has 0 aliphatic carbocycles. The van der Waals surface area contributed by atoms with Crippen molar-refractivity contribution in [3.8, 4) is 11.8 Å². The number of methoxy groups -OCH3 is 1. The highest BCUT2D eigenvalue weighted by Crippen LogP contribution is 2.19. The zero-order valence-electron chi connectivity index (χ0n) is 6.72. The summed E-state index contributed by atoms with van der Waals surface area (Å²) in [5.41, 5.74) is 0.101. The van der Waals surface area contributed by atoms with Gasteiger partial charge in [-0.1, -0.05) is 0 Å². The highest BCUT2D eigenvalue weighted by molar-refractivity contribution is 5.45. The van der Waals surface area contributed by atoms with Crippen molar-refractivity contribution in [3.63, 3.8) is 0 Å². The molecular formula is C7H5N3O3. The van der Waals surface area contributed by atoms with Crippen LogP contribution in [0.3, 0.4) is 0 Å². The summed E-state index contributed by atoms with van der Waals surface area (Å²) in [5.74, 6) is -0.134. The second kappa shape index (κ2) is 3.49. The van der Waals surface area contributed by atoms with Crippen LogP contribution in [-0.4, -0.2) is 17.0 Å². The SMILES string of the molecule is COc1cnc([N+](=O)[O-])cc1C#N. The minimum absolute atomic E-state index is 0.101. The third kappa shape index (κ3) is 1.70. The Balaban J connectivity index is 3.23. The van der Waals surface area contributed by atoms with E-state index >= 15 is 0 Å². The van der Waals surface area contributed by atoms with Crippen LogP contribution in [0.15, 0.2) is 12.3 Å². The van der Waals surface area contributed by atoms with E-state index in [1.807, 2.05) is 0 Å². The number of hydrogen-bond donors (Lipinski definition) is 0. The van der Waals surface area contributed by atoms with Gasteiger partial charge in [-0.2, -0.15) is 5.26 Å². The average Bonchev–Trinajstić information content (AvgIpc) is 2.16. The zero-order valence-corrected chi connectivity index (χ0v) is 6.72. The standard InChI is InChI=1S/C7H5N3O3/c1-13-6-4-9-7(10(11)12)2-5(6)3-8/h2,4H,1H3. The van der Waals surface area contributed by atoms with Crippen molar-refractivity contribution < 1.29 is 9.66 Å². The summed E-state index contributed by atoms with van der Waals surface area (Å²) < 4.78 is 4.76. The number of pyridine rings is 1. The van der Waals surface area contributed by atoms with Crippen LogP contribution in [0.1, 0.15) is 5.56 Å². The van der Waals surface area contributed by atoms with Crippen LogP contribution in [0.4, 0.5) is 5.82 Å². The molecule has 1 aromatic rings. The Morgan fingerprint density at radius 3 is 2.92 bits per heavy atom. The van der Waals surface area contributed by atoms with Crippen LogP contribution in [0.5, 0.6) is 5.75 Å². The normalized spacial score (nSPS) is 8.92. The van der Waals surface area contributed by atoms with Gasteiger partial charge in [0.05, 0.1) is 13.2 Å². The Labute approximate surface area is 73.5 Å². The summed E-state index contributed by atoms with van der Waals surface area (Å²) in [6, 6.07) is 2.84. The van der Waals surface area contributed by atoms with E-state index < -0.39 is 4.92 Å². The van der Waals surface area contributed by atoms with Crippen molar-refractivity contribution in [1.29, 1.82) is 5.26 Å². The molecule has 0 fully saturated rings. The van der Waals surface area contributed by atoms with Gasteiger partial charge in [0.25, 0.3) is 0 Å². The Kier molecular flexibility index (Phi) is 2.40. The van der Waals surface area contributed by atoms with Gasteiger partial charge in [-0.05, 0) is 9.91 Å². The Hall–Kier alpha value is -2.16. The molecule has 13 heavy (non-hydrogen) atoms. The number of hydrogen-bond acceptors (Lipinski definition) is 5. The minimum Gasteiger partial charge on any atom is -0.492 e. The van der Waals surface area contributed by atoms with E-state index in [-0.39, 0.29) is 17.1 Å². The molecule has 0 radical (unpaired) electrons. The fourth-order valence-corrected chi connectivity index (χ4v) is 0.782. The molecule has 0 spiro atoms. The molecule has 0 saturated carbocycles. The van der Waals surface area contributed by atoms with Crippen molar-refractivity contribution >= 4 is 5.82 Å². The van der Waals surface area contributed by atoms with Crippen molar-refractivity contribution in [2.75, 3.05) is 7.11 Å². The van der Waals surface area contributed by atoms with Gasteiger partial charge in [-0.15, -0.1) is 0 Å². The first kappa shape index (κ1) is 8.93. The maximum Gasteiger partial charge on any atom is 0.364 e. The summed E-state index contributed by atoms with van der Waals surface area (Å²) >= 11 is 0. The quantitative estimate of drug-likeness (QED) is 0.496. The predicted molar refractivity (Wildman–Crippen MR) is 42.2 cm³/mol. The Morgan fingerprint density at radius 2 is 2.46 bits per heavy atom. The third-order valence-electron chi connectivity index (χ3n) is 1.38. The van der Waals surface area contributed by atoms with E-state index in [9.17, 15) is 10.1 Å². The highest BCUT2D eigenvalue weighted by Gasteiger charge is 2.12. The molecule has 0 bridgehead atoms. The van der Waals surface area contributed by atoms with Crippen molar-refractivity contribution in [3.05, 3.63) is 27.9 Å². The van der Waals surface area contributed by atoms with E-state index in [4.69, 9.17) is 10.00 Å². The maximum absolute atomic E-state index is 10.3. The van der Waals surface area contributed by atoms with E-state index in [1.165, 1.54) is 7.11 Å². The second-order valence-electron chi connectivity index (χ2n) is 2.11. The lowest BCUT2D eigenvalue weighted by atomic mass is 10.2. The van der Waals surface area contributed by atoms with Crippen molar-refractivity contribution in [2.24, 2.45) is 0 Å². The molecule has 0 amide bonds. The van der Waals surface area contributed by atoms with Crippen LogP contribution >= 0.6 is 0 Å². The van der Waals surface area contributed by atoms with Crippen molar-refractivity contribution in [1.82, 2.24) is 4.98 Å². The molecule has 0 N–H and O–H groups in total. The summed E-state index contributed by atoms with van der Waals surface area (Å²) in [6.45, 7) is 0. The lowest BCUT2D eigenvalue weighted by molar-refractivity contribution is -0.389. The van der Waals surface area contributed by atoms with E-state index in [2.05, 4.69) is 4.98 Å². The molecule has 6 heteroatoms. The first-order valence-electron chi connectivity index (χ1n) is 3.27. The Bertz CT molecular complexity index is 383. The first-order valence-corrected chi connectivity index (χ1v) is 3.27. The van der Waals surface area contributed by atoms with E-state index in [0.29, 0.717) is 0 Å². The lowest BCUT2D eigenvalue weighted by Crippen LogP contribution is -1.95. The van der Waals surface area contributed by atoms with Gasteiger partial charge in [0.1, 0.15) is 11.6 Å². The second-order valence-corrected chi connectivity index (χ2v) is 2.11. The van der Waals surface area contributed by atoms with Gasteiger partial charge in [-0.3, -0.25) is 0 Å². The van der Waals surface area contributed by atoms with Crippen LogP contribution < -0.4 is 4.74 Å². The van der Waals surface area contributed by atoms with E-state index in [0.717, 1.165) is 12.3 Å². The number of nitrogens with zero attached hydrogens (tertiary/aromatic N) is 3. The lowest BCUT2D eigenvalue weighted by Gasteiger charge is -1.98. The molecule has 66 valence electrons. The smallest absolute Gasteiger partial charge is 0.364 e. The molecule has 0 atom stereocenters. The number of nitro groups is 1. The summed E-state index contributed by atoms with van der Waals surface area (Å²) in [6.07, 6.45) is 1.15. The summed E-state index contributed by atoms with van der Waals surface area (Å²) in [7, 11) is 1.36. The maximum atomic E-state index is 10.3. The number of nitriles is 1. The topological polar surface area (TPSA) is 89.1 Å². The number of aromatic nitrogens is 1. The first-order chi connectivity index (χ1) is 6.19. The summed E-state index contributed by atoms with van der Waals surface area (Å²) in [4.78, 5) is 13.1. The molecular weight excluding hydrogens is 174 g/mol. The molecule has 0 saturated heterocycles. The van der Waals surface area contributed by atoms with Crippen LogP contribution in [0.25, 0.3) is 0 Å². The fraction of sp³-hybridized carbons (Fsp3) is 0.143. The molecule has 0 unspecified atom stereocenters. The predicted octanol–water partition coefficient (Wildman–Crippen LogP) is 0.870.